The second-order valence-corrected chi connectivity index (χ2v) is 15.2. The van der Waals surface area contributed by atoms with Gasteiger partial charge in [-0.3, -0.25) is 24.7 Å². The van der Waals surface area contributed by atoms with Gasteiger partial charge in [0.15, 0.2) is 5.96 Å². The van der Waals surface area contributed by atoms with E-state index in [0.717, 1.165) is 38.5 Å². The van der Waals surface area contributed by atoms with E-state index in [1.807, 2.05) is 0 Å². The third-order valence-electron chi connectivity index (χ3n) is 10.1. The molecule has 2 atom stereocenters. The molecule has 0 spiro atoms. The number of carboxylic acid groups (broad SMARTS) is 1. The van der Waals surface area contributed by atoms with Crippen molar-refractivity contribution in [3.05, 3.63) is 0 Å². The number of nitrogens with two attached hydrogens (primary N) is 2. The SMILES string of the molecule is CCCCCCCCCCCCCCCCOC(=O)CCC(N[C@@H](CCCN=C(N)N)C(=O)O)C(=O)OCCCCCCCCCCCCCCCC. The summed E-state index contributed by atoms with van der Waals surface area (Å²) in [6, 6.07) is -1.94. The topological polar surface area (TPSA) is 166 Å². The average molecular weight is 753 g/mol. The fourth-order valence-corrected chi connectivity index (χ4v) is 6.68. The van der Waals surface area contributed by atoms with Gasteiger partial charge in [-0.25, -0.2) is 0 Å². The molecular formula is C43H84N4O6. The van der Waals surface area contributed by atoms with E-state index in [1.165, 1.54) is 141 Å². The molecule has 0 aromatic heterocycles. The fourth-order valence-electron chi connectivity index (χ4n) is 6.68. The summed E-state index contributed by atoms with van der Waals surface area (Å²) in [7, 11) is 0. The van der Waals surface area contributed by atoms with Crippen molar-refractivity contribution in [2.24, 2.45) is 16.5 Å². The van der Waals surface area contributed by atoms with E-state index in [4.69, 9.17) is 20.9 Å². The zero-order valence-electron chi connectivity index (χ0n) is 34.5. The molecule has 10 heteroatoms. The molecule has 0 saturated carbocycles. The molecule has 0 aromatic rings. The quantitative estimate of drug-likeness (QED) is 0.0206. The lowest BCUT2D eigenvalue weighted by Crippen LogP contribution is -2.48. The Hall–Kier alpha value is -2.36. The summed E-state index contributed by atoms with van der Waals surface area (Å²) < 4.78 is 11.0. The number of nitrogens with zero attached hydrogens (tertiary/aromatic N) is 1. The van der Waals surface area contributed by atoms with Crippen molar-refractivity contribution in [2.45, 2.75) is 231 Å². The lowest BCUT2D eigenvalue weighted by molar-refractivity contribution is -0.148. The molecule has 0 heterocycles. The van der Waals surface area contributed by atoms with Crippen LogP contribution in [0, 0.1) is 0 Å². The Morgan fingerprint density at radius 2 is 0.906 bits per heavy atom. The van der Waals surface area contributed by atoms with Crippen molar-refractivity contribution < 1.29 is 29.0 Å². The number of rotatable bonds is 41. The predicted molar refractivity (Wildman–Crippen MR) is 220 cm³/mol. The van der Waals surface area contributed by atoms with Crippen molar-refractivity contribution >= 4 is 23.9 Å². The molecule has 0 saturated heterocycles. The molecule has 0 fully saturated rings. The van der Waals surface area contributed by atoms with Gasteiger partial charge in [0, 0.05) is 13.0 Å². The van der Waals surface area contributed by atoms with Crippen molar-refractivity contribution in [1.82, 2.24) is 5.32 Å². The van der Waals surface area contributed by atoms with E-state index >= 15 is 0 Å². The Balaban J connectivity index is 4.38. The van der Waals surface area contributed by atoms with Crippen LogP contribution in [0.1, 0.15) is 219 Å². The van der Waals surface area contributed by atoms with Crippen LogP contribution in [-0.2, 0) is 23.9 Å². The number of hydrogen-bond donors (Lipinski definition) is 4. The first-order valence-electron chi connectivity index (χ1n) is 22.2. The normalized spacial score (nSPS) is 12.3. The predicted octanol–water partition coefficient (Wildman–Crippen LogP) is 10.3. The number of guanidine groups is 1. The maximum Gasteiger partial charge on any atom is 0.323 e. The number of carbonyl (C=O) groups is 3. The highest BCUT2D eigenvalue weighted by molar-refractivity contribution is 5.79. The van der Waals surface area contributed by atoms with E-state index in [1.54, 1.807) is 0 Å². The lowest BCUT2D eigenvalue weighted by atomic mass is 10.0. The lowest BCUT2D eigenvalue weighted by Gasteiger charge is -2.22. The Labute approximate surface area is 325 Å². The number of carbonyl (C=O) groups excluding carboxylic acids is 2. The number of nitrogens with one attached hydrogen (secondary N) is 1. The molecule has 1 unspecified atom stereocenters. The molecule has 0 amide bonds. The summed E-state index contributed by atoms with van der Waals surface area (Å²) in [6.45, 7) is 5.44. The van der Waals surface area contributed by atoms with Crippen LogP contribution in [0.25, 0.3) is 0 Å². The molecule has 10 nitrogen and oxygen atoms in total. The molecule has 6 N–H and O–H groups in total. The van der Waals surface area contributed by atoms with Crippen LogP contribution in [0.2, 0.25) is 0 Å². The maximum absolute atomic E-state index is 13.1. The third-order valence-corrected chi connectivity index (χ3v) is 10.1. The van der Waals surface area contributed by atoms with Gasteiger partial charge in [0.2, 0.25) is 0 Å². The van der Waals surface area contributed by atoms with Crippen LogP contribution in [-0.4, -0.2) is 60.8 Å². The highest BCUT2D eigenvalue weighted by atomic mass is 16.5. The van der Waals surface area contributed by atoms with Crippen LogP contribution in [0.15, 0.2) is 4.99 Å². The molecule has 0 radical (unpaired) electrons. The summed E-state index contributed by atoms with van der Waals surface area (Å²) >= 11 is 0. The van der Waals surface area contributed by atoms with Crippen LogP contribution in [0.3, 0.4) is 0 Å². The molecule has 0 aliphatic heterocycles. The largest absolute Gasteiger partial charge is 0.480 e. The Kier molecular flexibility index (Phi) is 37.6. The van der Waals surface area contributed by atoms with Crippen molar-refractivity contribution in [3.8, 4) is 0 Å². The molecule has 0 aromatic carbocycles. The molecular weight excluding hydrogens is 668 g/mol. The summed E-state index contributed by atoms with van der Waals surface area (Å²) in [5.41, 5.74) is 10.8. The maximum atomic E-state index is 13.1. The summed E-state index contributed by atoms with van der Waals surface area (Å²) in [6.07, 6.45) is 35.8. The monoisotopic (exact) mass is 753 g/mol. The molecule has 0 aliphatic rings. The van der Waals surface area contributed by atoms with E-state index in [-0.39, 0.29) is 44.3 Å². The molecule has 0 bridgehead atoms. The van der Waals surface area contributed by atoms with E-state index < -0.39 is 24.0 Å². The Bertz CT molecular complexity index is 883. The van der Waals surface area contributed by atoms with Crippen LogP contribution >= 0.6 is 0 Å². The van der Waals surface area contributed by atoms with Crippen molar-refractivity contribution in [1.29, 1.82) is 0 Å². The number of aliphatic carboxylic acids is 1. The highest BCUT2D eigenvalue weighted by Crippen LogP contribution is 2.15. The molecule has 312 valence electrons. The minimum atomic E-state index is -1.08. The smallest absolute Gasteiger partial charge is 0.323 e. The van der Waals surface area contributed by atoms with Gasteiger partial charge >= 0.3 is 17.9 Å². The number of carboxylic acids is 1. The summed E-state index contributed by atoms with van der Waals surface area (Å²) in [5.74, 6) is -2.05. The number of aliphatic imine (C=N–C) groups is 1. The fraction of sp³-hybridized carbons (Fsp3) is 0.907. The van der Waals surface area contributed by atoms with Gasteiger partial charge in [-0.05, 0) is 32.1 Å². The standard InChI is InChI=1S/C43H84N4O6/c1-3-5-7-9-11-13-15-17-19-21-23-25-27-29-36-52-40(48)34-33-39(47-38(41(49)50)32-31-35-46-43(44)45)42(51)53-37-30-28-26-24-22-20-18-16-14-12-10-8-6-4-2/h38-39,47H,3-37H2,1-2H3,(H,49,50)(H4,44,45,46)/t38-,39?/m0/s1. The van der Waals surface area contributed by atoms with E-state index in [0.29, 0.717) is 13.0 Å². The van der Waals surface area contributed by atoms with Gasteiger partial charge in [-0.1, -0.05) is 181 Å². The molecule has 0 rings (SSSR count). The second kappa shape index (κ2) is 39.3. The Morgan fingerprint density at radius 1 is 0.528 bits per heavy atom. The second-order valence-electron chi connectivity index (χ2n) is 15.2. The average Bonchev–Trinajstić information content (AvgIpc) is 3.13. The zero-order valence-corrected chi connectivity index (χ0v) is 34.5. The third kappa shape index (κ3) is 36.4. The first kappa shape index (κ1) is 50.6. The minimum absolute atomic E-state index is 0.00453. The van der Waals surface area contributed by atoms with Gasteiger partial charge in [0.05, 0.1) is 13.2 Å². The van der Waals surface area contributed by atoms with Gasteiger partial charge in [0.1, 0.15) is 12.1 Å². The van der Waals surface area contributed by atoms with Crippen LogP contribution in [0.5, 0.6) is 0 Å². The number of esters is 2. The van der Waals surface area contributed by atoms with Crippen molar-refractivity contribution in [2.75, 3.05) is 19.8 Å². The van der Waals surface area contributed by atoms with Gasteiger partial charge < -0.3 is 26.0 Å². The van der Waals surface area contributed by atoms with Gasteiger partial charge in [-0.2, -0.15) is 0 Å². The molecule has 53 heavy (non-hydrogen) atoms. The van der Waals surface area contributed by atoms with Crippen molar-refractivity contribution in [3.63, 3.8) is 0 Å². The number of ether oxygens (including phenoxy) is 2. The number of hydrogen-bond acceptors (Lipinski definition) is 7. The van der Waals surface area contributed by atoms with Crippen LogP contribution < -0.4 is 16.8 Å². The first-order chi connectivity index (χ1) is 25.8. The minimum Gasteiger partial charge on any atom is -0.480 e. The van der Waals surface area contributed by atoms with E-state index in [2.05, 4.69) is 24.2 Å². The number of unbranched alkanes of at least 4 members (excludes halogenated alkanes) is 26. The first-order valence-corrected chi connectivity index (χ1v) is 22.2. The van der Waals surface area contributed by atoms with Gasteiger partial charge in [-0.15, -0.1) is 0 Å². The zero-order chi connectivity index (χ0) is 39.0. The summed E-state index contributed by atoms with van der Waals surface area (Å²) in [5, 5.41) is 12.7. The van der Waals surface area contributed by atoms with Crippen LogP contribution in [0.4, 0.5) is 0 Å². The van der Waals surface area contributed by atoms with E-state index in [9.17, 15) is 19.5 Å². The highest BCUT2D eigenvalue weighted by Gasteiger charge is 2.28. The van der Waals surface area contributed by atoms with Gasteiger partial charge in [0.25, 0.3) is 0 Å². The molecule has 0 aliphatic carbocycles. The summed E-state index contributed by atoms with van der Waals surface area (Å²) in [4.78, 5) is 41.6. The Morgan fingerprint density at radius 3 is 1.28 bits per heavy atom.